The smallest absolute Gasteiger partial charge is 0.254 e. The van der Waals surface area contributed by atoms with Gasteiger partial charge in [0.25, 0.3) is 5.91 Å². The van der Waals surface area contributed by atoms with Gasteiger partial charge in [0, 0.05) is 25.4 Å². The summed E-state index contributed by atoms with van der Waals surface area (Å²) in [6.45, 7) is 4.53. The quantitative estimate of drug-likeness (QED) is 0.545. The molecule has 0 atom stereocenters. The van der Waals surface area contributed by atoms with E-state index in [1.165, 1.54) is 12.1 Å². The maximum atomic E-state index is 13.6. The van der Waals surface area contributed by atoms with Crippen molar-refractivity contribution < 1.29 is 9.18 Å². The molecule has 0 bridgehead atoms. The van der Waals surface area contributed by atoms with Crippen LogP contribution in [0.4, 0.5) is 21.8 Å². The number of anilines is 3. The molecule has 8 heteroatoms. The van der Waals surface area contributed by atoms with Crippen LogP contribution in [-0.2, 0) is 0 Å². The highest BCUT2D eigenvalue weighted by molar-refractivity contribution is 5.94. The van der Waals surface area contributed by atoms with E-state index in [0.717, 1.165) is 5.56 Å². The van der Waals surface area contributed by atoms with Gasteiger partial charge in [-0.1, -0.05) is 12.1 Å². The molecule has 7 nitrogen and oxygen atoms in total. The molecule has 144 valence electrons. The lowest BCUT2D eigenvalue weighted by atomic mass is 10.2. The van der Waals surface area contributed by atoms with Crippen LogP contribution < -0.4 is 16.0 Å². The summed E-state index contributed by atoms with van der Waals surface area (Å²) >= 11 is 0. The van der Waals surface area contributed by atoms with Gasteiger partial charge in [-0.25, -0.2) is 19.3 Å². The molecule has 3 aromatic rings. The van der Waals surface area contributed by atoms with Gasteiger partial charge in [-0.3, -0.25) is 4.79 Å². The third-order valence-electron chi connectivity index (χ3n) is 3.84. The molecular weight excluding hydrogens is 359 g/mol. The summed E-state index contributed by atoms with van der Waals surface area (Å²) in [6.07, 6.45) is 1.73. The van der Waals surface area contributed by atoms with E-state index in [1.54, 1.807) is 31.3 Å². The first-order chi connectivity index (χ1) is 13.5. The number of carbonyl (C=O) groups is 1. The predicted octanol–water partition coefficient (Wildman–Crippen LogP) is 3.21. The standard InChI is InChI=1S/C20H21FN6O/c1-13-7-8-22-17(11-13)27-19-12-18(25-14(2)26-19)23-9-10-24-20(28)15-5-3-4-6-16(15)21/h3-8,11-12H,9-10H2,1-2H3,(H,24,28)(H2,22,23,25,26,27). The van der Waals surface area contributed by atoms with E-state index in [2.05, 4.69) is 30.9 Å². The summed E-state index contributed by atoms with van der Waals surface area (Å²) in [5, 5.41) is 8.95. The molecule has 0 radical (unpaired) electrons. The second-order valence-electron chi connectivity index (χ2n) is 6.19. The second-order valence-corrected chi connectivity index (χ2v) is 6.19. The molecule has 0 aliphatic rings. The number of nitrogens with one attached hydrogen (secondary N) is 3. The average Bonchev–Trinajstić information content (AvgIpc) is 2.65. The lowest BCUT2D eigenvalue weighted by Crippen LogP contribution is -2.29. The number of aromatic nitrogens is 3. The molecule has 2 heterocycles. The number of nitrogens with zero attached hydrogens (tertiary/aromatic N) is 3. The van der Waals surface area contributed by atoms with Gasteiger partial charge in [0.2, 0.25) is 0 Å². The monoisotopic (exact) mass is 380 g/mol. The van der Waals surface area contributed by atoms with E-state index in [-0.39, 0.29) is 5.56 Å². The first kappa shape index (κ1) is 19.2. The van der Waals surface area contributed by atoms with Gasteiger partial charge in [-0.15, -0.1) is 0 Å². The maximum Gasteiger partial charge on any atom is 0.254 e. The Kier molecular flexibility index (Phi) is 6.11. The zero-order valence-corrected chi connectivity index (χ0v) is 15.7. The van der Waals surface area contributed by atoms with Gasteiger partial charge in [0.15, 0.2) is 0 Å². The van der Waals surface area contributed by atoms with Crippen molar-refractivity contribution in [2.75, 3.05) is 23.7 Å². The number of halogens is 1. The fourth-order valence-corrected chi connectivity index (χ4v) is 2.57. The Morgan fingerprint density at radius 2 is 1.79 bits per heavy atom. The third kappa shape index (κ3) is 5.23. The van der Waals surface area contributed by atoms with Crippen LogP contribution in [0.3, 0.4) is 0 Å². The van der Waals surface area contributed by atoms with Crippen LogP contribution >= 0.6 is 0 Å². The third-order valence-corrected chi connectivity index (χ3v) is 3.84. The van der Waals surface area contributed by atoms with Crippen LogP contribution in [-0.4, -0.2) is 33.9 Å². The molecule has 0 saturated carbocycles. The summed E-state index contributed by atoms with van der Waals surface area (Å²) in [5.74, 6) is 1.52. The molecule has 2 aromatic heterocycles. The Labute approximate surface area is 162 Å². The normalized spacial score (nSPS) is 10.4. The van der Waals surface area contributed by atoms with Crippen molar-refractivity contribution in [1.29, 1.82) is 0 Å². The molecule has 0 saturated heterocycles. The summed E-state index contributed by atoms with van der Waals surface area (Å²) in [6, 6.07) is 11.5. The van der Waals surface area contributed by atoms with Gasteiger partial charge in [-0.2, -0.15) is 0 Å². The summed E-state index contributed by atoms with van der Waals surface area (Å²) in [4.78, 5) is 24.9. The highest BCUT2D eigenvalue weighted by Crippen LogP contribution is 2.16. The minimum Gasteiger partial charge on any atom is -0.368 e. The molecule has 0 unspecified atom stereocenters. The van der Waals surface area contributed by atoms with Crippen LogP contribution in [0.5, 0.6) is 0 Å². The number of benzene rings is 1. The van der Waals surface area contributed by atoms with E-state index in [0.29, 0.717) is 36.4 Å². The molecule has 3 rings (SSSR count). The summed E-state index contributed by atoms with van der Waals surface area (Å²) in [7, 11) is 0. The molecule has 3 N–H and O–H groups in total. The number of aryl methyl sites for hydroxylation is 2. The lowest BCUT2D eigenvalue weighted by Gasteiger charge is -2.11. The van der Waals surface area contributed by atoms with E-state index in [9.17, 15) is 9.18 Å². The molecule has 0 aliphatic heterocycles. The molecule has 0 spiro atoms. The van der Waals surface area contributed by atoms with Gasteiger partial charge in [-0.05, 0) is 43.7 Å². The number of hydrogen-bond acceptors (Lipinski definition) is 6. The van der Waals surface area contributed by atoms with Crippen molar-refractivity contribution in [3.63, 3.8) is 0 Å². The zero-order valence-electron chi connectivity index (χ0n) is 15.7. The fourth-order valence-electron chi connectivity index (χ4n) is 2.57. The largest absolute Gasteiger partial charge is 0.368 e. The average molecular weight is 380 g/mol. The number of amides is 1. The van der Waals surface area contributed by atoms with Gasteiger partial charge in [0.05, 0.1) is 5.56 Å². The maximum absolute atomic E-state index is 13.6. The minimum atomic E-state index is -0.542. The van der Waals surface area contributed by atoms with E-state index < -0.39 is 11.7 Å². The van der Waals surface area contributed by atoms with Crippen molar-refractivity contribution in [2.24, 2.45) is 0 Å². The van der Waals surface area contributed by atoms with Crippen LogP contribution in [0, 0.1) is 19.7 Å². The Morgan fingerprint density at radius 3 is 2.57 bits per heavy atom. The van der Waals surface area contributed by atoms with Gasteiger partial charge in [0.1, 0.15) is 29.1 Å². The lowest BCUT2D eigenvalue weighted by molar-refractivity contribution is 0.0951. The molecular formula is C20H21FN6O. The predicted molar refractivity (Wildman–Crippen MR) is 106 cm³/mol. The topological polar surface area (TPSA) is 91.8 Å². The molecule has 1 amide bonds. The van der Waals surface area contributed by atoms with E-state index >= 15 is 0 Å². The summed E-state index contributed by atoms with van der Waals surface area (Å²) in [5.41, 5.74) is 1.12. The SMILES string of the molecule is Cc1ccnc(Nc2cc(NCCNC(=O)c3ccccc3F)nc(C)n2)c1. The van der Waals surface area contributed by atoms with Crippen LogP contribution in [0.15, 0.2) is 48.7 Å². The number of pyridine rings is 1. The highest BCUT2D eigenvalue weighted by atomic mass is 19.1. The first-order valence-corrected chi connectivity index (χ1v) is 8.83. The molecule has 28 heavy (non-hydrogen) atoms. The highest BCUT2D eigenvalue weighted by Gasteiger charge is 2.09. The number of carbonyl (C=O) groups excluding carboxylic acids is 1. The van der Waals surface area contributed by atoms with Crippen molar-refractivity contribution in [2.45, 2.75) is 13.8 Å². The van der Waals surface area contributed by atoms with Crippen molar-refractivity contribution in [3.05, 3.63) is 71.4 Å². The molecule has 0 aliphatic carbocycles. The van der Waals surface area contributed by atoms with Crippen LogP contribution in [0.1, 0.15) is 21.7 Å². The first-order valence-electron chi connectivity index (χ1n) is 8.83. The van der Waals surface area contributed by atoms with Crippen LogP contribution in [0.2, 0.25) is 0 Å². The van der Waals surface area contributed by atoms with Crippen molar-refractivity contribution in [1.82, 2.24) is 20.3 Å². The summed E-state index contributed by atoms with van der Waals surface area (Å²) < 4.78 is 13.6. The Bertz CT molecular complexity index is 978. The van der Waals surface area contributed by atoms with Crippen LogP contribution in [0.25, 0.3) is 0 Å². The minimum absolute atomic E-state index is 0.0255. The van der Waals surface area contributed by atoms with E-state index in [1.807, 2.05) is 19.1 Å². The number of rotatable bonds is 7. The Balaban J connectivity index is 1.55. The van der Waals surface area contributed by atoms with Gasteiger partial charge < -0.3 is 16.0 Å². The van der Waals surface area contributed by atoms with E-state index in [4.69, 9.17) is 0 Å². The van der Waals surface area contributed by atoms with Crippen molar-refractivity contribution >= 4 is 23.4 Å². The Morgan fingerprint density at radius 1 is 1.00 bits per heavy atom. The van der Waals surface area contributed by atoms with Crippen molar-refractivity contribution in [3.8, 4) is 0 Å². The Hall–Kier alpha value is -3.55. The zero-order chi connectivity index (χ0) is 19.9. The molecule has 0 fully saturated rings. The second kappa shape index (κ2) is 8.90. The fraction of sp³-hybridized carbons (Fsp3) is 0.200. The van der Waals surface area contributed by atoms with Gasteiger partial charge >= 0.3 is 0 Å². The number of hydrogen-bond donors (Lipinski definition) is 3. The molecule has 1 aromatic carbocycles.